The van der Waals surface area contributed by atoms with E-state index in [2.05, 4.69) is 32.9 Å². The Morgan fingerprint density at radius 2 is 2.19 bits per heavy atom. The second kappa shape index (κ2) is 6.28. The van der Waals surface area contributed by atoms with Crippen LogP contribution in [-0.2, 0) is 4.74 Å². The number of hydrogen-bond acceptors (Lipinski definition) is 7. The summed E-state index contributed by atoms with van der Waals surface area (Å²) < 4.78 is 11.6. The summed E-state index contributed by atoms with van der Waals surface area (Å²) in [6.45, 7) is 4.09. The molecule has 5 rings (SSSR count). The molecule has 2 aliphatic heterocycles. The van der Waals surface area contributed by atoms with Gasteiger partial charge in [0, 0.05) is 24.7 Å². The highest BCUT2D eigenvalue weighted by Gasteiger charge is 2.40. The molecule has 1 N–H and O–H groups in total. The van der Waals surface area contributed by atoms with Crippen LogP contribution in [0, 0.1) is 0 Å². The van der Waals surface area contributed by atoms with E-state index >= 15 is 0 Å². The second-order valence-corrected chi connectivity index (χ2v) is 7.57. The molecule has 3 aliphatic rings. The minimum Gasteiger partial charge on any atom is -0.488 e. The van der Waals surface area contributed by atoms with Crippen LogP contribution in [-0.4, -0.2) is 58.8 Å². The molecule has 2 aromatic rings. The zero-order valence-corrected chi connectivity index (χ0v) is 15.3. The molecule has 7 nitrogen and oxygen atoms in total. The summed E-state index contributed by atoms with van der Waals surface area (Å²) in [6.07, 6.45) is 3.60. The Hall–Kier alpha value is -2.51. The number of morpholine rings is 1. The zero-order valence-electron chi connectivity index (χ0n) is 15.3. The van der Waals surface area contributed by atoms with Crippen molar-refractivity contribution in [2.45, 2.75) is 31.5 Å². The van der Waals surface area contributed by atoms with Crippen LogP contribution in [0.2, 0.25) is 0 Å². The van der Waals surface area contributed by atoms with Gasteiger partial charge in [-0.2, -0.15) is 0 Å². The third-order valence-electron chi connectivity index (χ3n) is 5.34. The summed E-state index contributed by atoms with van der Waals surface area (Å²) in [4.78, 5) is 15.5. The molecule has 2 fully saturated rings. The lowest BCUT2D eigenvalue weighted by molar-refractivity contribution is 0.00335. The summed E-state index contributed by atoms with van der Waals surface area (Å²) in [5.74, 6) is 1.71. The van der Waals surface area contributed by atoms with Gasteiger partial charge in [0.1, 0.15) is 23.5 Å². The number of rotatable bonds is 5. The van der Waals surface area contributed by atoms with Crippen LogP contribution in [0.25, 0.3) is 0 Å². The third kappa shape index (κ3) is 3.17. The van der Waals surface area contributed by atoms with Crippen molar-refractivity contribution in [2.24, 2.45) is 4.99 Å². The van der Waals surface area contributed by atoms with Gasteiger partial charge < -0.3 is 19.5 Å². The molecule has 1 aromatic heterocycles. The Bertz CT molecular complexity index is 910. The number of hydrogen-bond donors (Lipinski definition) is 1. The first kappa shape index (κ1) is 16.6. The van der Waals surface area contributed by atoms with Gasteiger partial charge in [0.25, 0.3) is 0 Å². The Labute approximate surface area is 157 Å². The average Bonchev–Trinajstić information content (AvgIpc) is 3.41. The van der Waals surface area contributed by atoms with Crippen molar-refractivity contribution in [1.29, 1.82) is 0 Å². The van der Waals surface area contributed by atoms with E-state index < -0.39 is 0 Å². The molecule has 1 aromatic carbocycles. The number of ether oxygens (including phenoxy) is 2. The summed E-state index contributed by atoms with van der Waals surface area (Å²) >= 11 is 0. The lowest BCUT2D eigenvalue weighted by atomic mass is 9.98. The van der Waals surface area contributed by atoms with E-state index in [4.69, 9.17) is 9.47 Å². The molecule has 1 atom stereocenters. The number of benzene rings is 1. The maximum Gasteiger partial charge on any atom is 0.132 e. The third-order valence-corrected chi connectivity index (χ3v) is 5.34. The number of fused-ring (bicyclic) bond motifs is 1. The predicted octanol–water partition coefficient (Wildman–Crippen LogP) is 2.09. The van der Waals surface area contributed by atoms with Crippen LogP contribution in [0.5, 0.6) is 5.75 Å². The fourth-order valence-electron chi connectivity index (χ4n) is 3.44. The lowest BCUT2D eigenvalue weighted by Gasteiger charge is -2.33. The highest BCUT2D eigenvalue weighted by atomic mass is 16.5. The fraction of sp³-hybridized carbons (Fsp3) is 0.450. The molecule has 1 aliphatic carbocycles. The minimum absolute atomic E-state index is 0.00302. The largest absolute Gasteiger partial charge is 0.488 e. The Kier molecular flexibility index (Phi) is 3.87. The second-order valence-electron chi connectivity index (χ2n) is 7.57. The standard InChI is InChI=1S/C20H22N4O3/c1-20(4-5-20)27-13-2-3-16-15(8-13)19(23-16)17-9-18(22-12-21-17)24-6-7-26-14(10-24)11-25/h2-3,8-9,12,14,25H,4-7,10-11H2,1H3. The highest BCUT2D eigenvalue weighted by molar-refractivity contribution is 6.21. The maximum absolute atomic E-state index is 9.35. The van der Waals surface area contributed by atoms with Crippen LogP contribution >= 0.6 is 0 Å². The van der Waals surface area contributed by atoms with E-state index in [1.54, 1.807) is 6.33 Å². The number of aliphatic imine (C=N–C) groups is 1. The first-order valence-electron chi connectivity index (χ1n) is 9.35. The van der Waals surface area contributed by atoms with E-state index in [1.807, 2.05) is 18.2 Å². The SMILES string of the molecule is CC1(Oc2ccc3c(c2)C(c2cc(N4CCOC(CO)C4)ncn2)=N3)CC1. The molecule has 1 saturated heterocycles. The van der Waals surface area contributed by atoms with Crippen molar-refractivity contribution in [3.8, 4) is 5.75 Å². The summed E-state index contributed by atoms with van der Waals surface area (Å²) in [7, 11) is 0. The van der Waals surface area contributed by atoms with E-state index in [0.717, 1.165) is 53.6 Å². The van der Waals surface area contributed by atoms with Gasteiger partial charge in [-0.25, -0.2) is 15.0 Å². The summed E-state index contributed by atoms with van der Waals surface area (Å²) in [6, 6.07) is 7.99. The van der Waals surface area contributed by atoms with E-state index in [1.165, 1.54) is 0 Å². The number of aromatic nitrogens is 2. The van der Waals surface area contributed by atoms with Crippen LogP contribution in [0.3, 0.4) is 0 Å². The average molecular weight is 366 g/mol. The fourth-order valence-corrected chi connectivity index (χ4v) is 3.44. The van der Waals surface area contributed by atoms with E-state index in [9.17, 15) is 5.11 Å². The van der Waals surface area contributed by atoms with Gasteiger partial charge in [-0.1, -0.05) is 0 Å². The molecule has 0 amide bonds. The van der Waals surface area contributed by atoms with Crippen LogP contribution < -0.4 is 9.64 Å². The monoisotopic (exact) mass is 366 g/mol. The topological polar surface area (TPSA) is 80.1 Å². The predicted molar refractivity (Wildman–Crippen MR) is 101 cm³/mol. The molecule has 0 bridgehead atoms. The van der Waals surface area contributed by atoms with Crippen molar-refractivity contribution in [2.75, 3.05) is 31.2 Å². The molecule has 1 unspecified atom stereocenters. The number of aliphatic hydroxyl groups excluding tert-OH is 1. The van der Waals surface area contributed by atoms with Crippen molar-refractivity contribution < 1.29 is 14.6 Å². The molecular weight excluding hydrogens is 344 g/mol. The molecule has 3 heterocycles. The quantitative estimate of drug-likeness (QED) is 0.745. The van der Waals surface area contributed by atoms with Gasteiger partial charge in [0.2, 0.25) is 0 Å². The first-order valence-corrected chi connectivity index (χ1v) is 9.35. The number of anilines is 1. The molecule has 0 radical (unpaired) electrons. The Balaban J connectivity index is 1.38. The van der Waals surface area contributed by atoms with Crippen LogP contribution in [0.1, 0.15) is 31.0 Å². The van der Waals surface area contributed by atoms with Gasteiger partial charge >= 0.3 is 0 Å². The van der Waals surface area contributed by atoms with Crippen molar-refractivity contribution in [3.05, 3.63) is 41.9 Å². The van der Waals surface area contributed by atoms with Gasteiger partial charge in [0.15, 0.2) is 0 Å². The molecule has 1 saturated carbocycles. The smallest absolute Gasteiger partial charge is 0.132 e. The van der Waals surface area contributed by atoms with Crippen molar-refractivity contribution in [3.63, 3.8) is 0 Å². The Morgan fingerprint density at radius 3 is 3.00 bits per heavy atom. The molecular formula is C20H22N4O3. The number of aliphatic hydroxyl groups is 1. The number of nitrogens with zero attached hydrogens (tertiary/aromatic N) is 4. The van der Waals surface area contributed by atoms with Gasteiger partial charge in [-0.15, -0.1) is 0 Å². The van der Waals surface area contributed by atoms with Crippen molar-refractivity contribution >= 4 is 17.2 Å². The minimum atomic E-state index is -0.178. The van der Waals surface area contributed by atoms with Gasteiger partial charge in [-0.3, -0.25) is 0 Å². The van der Waals surface area contributed by atoms with E-state index in [-0.39, 0.29) is 18.3 Å². The molecule has 7 heteroatoms. The van der Waals surface area contributed by atoms with Gasteiger partial charge in [-0.05, 0) is 38.0 Å². The molecule has 27 heavy (non-hydrogen) atoms. The van der Waals surface area contributed by atoms with Crippen molar-refractivity contribution in [1.82, 2.24) is 9.97 Å². The molecule has 140 valence electrons. The maximum atomic E-state index is 9.35. The van der Waals surface area contributed by atoms with E-state index in [0.29, 0.717) is 13.2 Å². The summed E-state index contributed by atoms with van der Waals surface area (Å²) in [5.41, 5.74) is 3.69. The lowest BCUT2D eigenvalue weighted by Crippen LogP contribution is -2.44. The highest BCUT2D eigenvalue weighted by Crippen LogP contribution is 2.42. The van der Waals surface area contributed by atoms with Crippen LogP contribution in [0.4, 0.5) is 11.5 Å². The molecule has 0 spiro atoms. The first-order chi connectivity index (χ1) is 13.1. The Morgan fingerprint density at radius 1 is 1.30 bits per heavy atom. The van der Waals surface area contributed by atoms with Gasteiger partial charge in [0.05, 0.1) is 36.4 Å². The summed E-state index contributed by atoms with van der Waals surface area (Å²) in [5, 5.41) is 9.35. The van der Waals surface area contributed by atoms with Crippen LogP contribution in [0.15, 0.2) is 35.6 Å². The normalized spacial score (nSPS) is 22.5. The zero-order chi connectivity index (χ0) is 18.4.